The van der Waals surface area contributed by atoms with Crippen molar-refractivity contribution in [3.63, 3.8) is 0 Å². The molecule has 30 heavy (non-hydrogen) atoms. The van der Waals surface area contributed by atoms with Crippen molar-refractivity contribution in [1.29, 1.82) is 5.41 Å². The molecular weight excluding hydrogens is 418 g/mol. The highest BCUT2D eigenvalue weighted by Crippen LogP contribution is 2.39. The lowest BCUT2D eigenvalue weighted by molar-refractivity contribution is -0.169. The Kier molecular flexibility index (Phi) is 5.65. The number of aromatic nitrogens is 2. The quantitative estimate of drug-likeness (QED) is 0.618. The number of rotatable bonds is 2. The highest BCUT2D eigenvalue weighted by molar-refractivity contribution is 6.09. The van der Waals surface area contributed by atoms with Crippen LogP contribution in [0.5, 0.6) is 0 Å². The van der Waals surface area contributed by atoms with Gasteiger partial charge < -0.3 is 16.0 Å². The second kappa shape index (κ2) is 7.76. The van der Waals surface area contributed by atoms with Crippen molar-refractivity contribution in [2.24, 2.45) is 17.6 Å². The molecule has 0 aromatic carbocycles. The number of anilines is 1. The second-order valence-electron chi connectivity index (χ2n) is 7.11. The molecule has 13 heteroatoms. The van der Waals surface area contributed by atoms with Gasteiger partial charge in [-0.1, -0.05) is 0 Å². The van der Waals surface area contributed by atoms with Crippen molar-refractivity contribution in [1.82, 2.24) is 15.3 Å². The maximum absolute atomic E-state index is 13.4. The van der Waals surface area contributed by atoms with Crippen LogP contribution in [0.25, 0.3) is 0 Å². The number of hydrogen-bond acceptors (Lipinski definition) is 6. The minimum absolute atomic E-state index is 0.0968. The summed E-state index contributed by atoms with van der Waals surface area (Å²) >= 11 is 0. The van der Waals surface area contributed by atoms with E-state index in [9.17, 15) is 31.1 Å². The third-order valence-corrected chi connectivity index (χ3v) is 5.17. The van der Waals surface area contributed by atoms with Crippen molar-refractivity contribution in [2.45, 2.75) is 31.6 Å². The van der Waals surface area contributed by atoms with Gasteiger partial charge in [-0.2, -0.15) is 26.3 Å². The second-order valence-corrected chi connectivity index (χ2v) is 7.11. The van der Waals surface area contributed by atoms with E-state index in [0.29, 0.717) is 19.0 Å². The third kappa shape index (κ3) is 4.49. The first kappa shape index (κ1) is 21.8. The Balaban J connectivity index is 1.74. The van der Waals surface area contributed by atoms with E-state index in [1.807, 2.05) is 0 Å². The first-order valence-corrected chi connectivity index (χ1v) is 8.97. The van der Waals surface area contributed by atoms with Crippen molar-refractivity contribution in [3.8, 4) is 0 Å². The predicted octanol–water partition coefficient (Wildman–Crippen LogP) is 2.60. The van der Waals surface area contributed by atoms with Crippen LogP contribution in [0, 0.1) is 17.2 Å². The Morgan fingerprint density at radius 3 is 2.27 bits per heavy atom. The number of amidine groups is 1. The normalized spacial score (nSPS) is 23.4. The average molecular weight is 436 g/mol. The maximum Gasteiger partial charge on any atom is 0.434 e. The Labute approximate surface area is 166 Å². The molecule has 2 aliphatic heterocycles. The Hall–Kier alpha value is -2.86. The molecule has 0 radical (unpaired) electrons. The Morgan fingerprint density at radius 2 is 1.77 bits per heavy atom. The summed E-state index contributed by atoms with van der Waals surface area (Å²) in [4.78, 5) is 20.2. The fourth-order valence-electron chi connectivity index (χ4n) is 3.61. The van der Waals surface area contributed by atoms with E-state index >= 15 is 0 Å². The molecule has 1 atom stereocenters. The number of carbonyl (C=O) groups excluding carboxylic acids is 1. The number of alkyl halides is 6. The summed E-state index contributed by atoms with van der Waals surface area (Å²) in [6.07, 6.45) is -7.92. The molecule has 3 heterocycles. The SMILES string of the molecule is N=C1NC(=O)CC(C(F)(F)F)C1=C(N)C1CCN(c2cnc(C(F)(F)F)cn2)CC1. The van der Waals surface area contributed by atoms with Gasteiger partial charge in [-0.05, 0) is 12.8 Å². The summed E-state index contributed by atoms with van der Waals surface area (Å²) in [6, 6.07) is 0. The topological polar surface area (TPSA) is 108 Å². The summed E-state index contributed by atoms with van der Waals surface area (Å²) in [5, 5.41) is 9.88. The first-order valence-electron chi connectivity index (χ1n) is 8.97. The minimum atomic E-state index is -4.72. The highest BCUT2D eigenvalue weighted by atomic mass is 19.4. The van der Waals surface area contributed by atoms with Gasteiger partial charge in [-0.15, -0.1) is 0 Å². The molecule has 1 aromatic rings. The number of nitrogens with one attached hydrogen (secondary N) is 2. The number of amides is 1. The molecule has 1 amide bonds. The Bertz CT molecular complexity index is 855. The molecule has 164 valence electrons. The van der Waals surface area contributed by atoms with Crippen molar-refractivity contribution >= 4 is 17.6 Å². The number of piperidine rings is 2. The molecule has 7 nitrogen and oxygen atoms in total. The molecule has 2 saturated heterocycles. The zero-order valence-electron chi connectivity index (χ0n) is 15.4. The lowest BCUT2D eigenvalue weighted by atomic mass is 9.82. The zero-order chi connectivity index (χ0) is 22.3. The fourth-order valence-corrected chi connectivity index (χ4v) is 3.61. The van der Waals surface area contributed by atoms with Crippen molar-refractivity contribution in [3.05, 3.63) is 29.4 Å². The van der Waals surface area contributed by atoms with Gasteiger partial charge in [0, 0.05) is 36.7 Å². The minimum Gasteiger partial charge on any atom is -0.401 e. The first-order chi connectivity index (χ1) is 13.9. The smallest absolute Gasteiger partial charge is 0.401 e. The van der Waals surface area contributed by atoms with E-state index in [4.69, 9.17) is 11.1 Å². The third-order valence-electron chi connectivity index (χ3n) is 5.17. The molecular formula is C17H18F6N6O. The molecule has 1 aromatic heterocycles. The summed E-state index contributed by atoms with van der Waals surface area (Å²) in [5.41, 5.74) is 4.38. The molecule has 1 unspecified atom stereocenters. The van der Waals surface area contributed by atoms with Gasteiger partial charge in [-0.25, -0.2) is 9.97 Å². The lowest BCUT2D eigenvalue weighted by Gasteiger charge is -2.36. The van der Waals surface area contributed by atoms with Gasteiger partial charge in [-0.3, -0.25) is 10.2 Å². The van der Waals surface area contributed by atoms with Gasteiger partial charge in [0.15, 0.2) is 5.69 Å². The molecule has 0 saturated carbocycles. The number of nitrogens with zero attached hydrogens (tertiary/aromatic N) is 3. The summed E-state index contributed by atoms with van der Waals surface area (Å²) in [5.74, 6) is -3.94. The van der Waals surface area contributed by atoms with E-state index in [2.05, 4.69) is 15.3 Å². The van der Waals surface area contributed by atoms with Crippen molar-refractivity contribution < 1.29 is 31.1 Å². The van der Waals surface area contributed by atoms with E-state index in [0.717, 1.165) is 6.20 Å². The number of halogens is 6. The van der Waals surface area contributed by atoms with Gasteiger partial charge in [0.25, 0.3) is 0 Å². The molecule has 3 rings (SSSR count). The van der Waals surface area contributed by atoms with Crippen LogP contribution < -0.4 is 16.0 Å². The molecule has 2 aliphatic rings. The van der Waals surface area contributed by atoms with Crippen LogP contribution >= 0.6 is 0 Å². The van der Waals surface area contributed by atoms with E-state index < -0.39 is 53.6 Å². The molecule has 0 aliphatic carbocycles. The van der Waals surface area contributed by atoms with Crippen LogP contribution in [0.2, 0.25) is 0 Å². The zero-order valence-corrected chi connectivity index (χ0v) is 15.4. The lowest BCUT2D eigenvalue weighted by Crippen LogP contribution is -2.47. The molecule has 0 bridgehead atoms. The predicted molar refractivity (Wildman–Crippen MR) is 93.2 cm³/mol. The summed E-state index contributed by atoms with van der Waals surface area (Å²) in [6.45, 7) is 0.574. The molecule has 4 N–H and O–H groups in total. The van der Waals surface area contributed by atoms with Gasteiger partial charge in [0.05, 0.1) is 18.3 Å². The monoisotopic (exact) mass is 436 g/mol. The van der Waals surface area contributed by atoms with Gasteiger partial charge in [0.2, 0.25) is 5.91 Å². The average Bonchev–Trinajstić information content (AvgIpc) is 2.66. The molecule has 2 fully saturated rings. The number of allylic oxidation sites excluding steroid dienone is 1. The maximum atomic E-state index is 13.4. The van der Waals surface area contributed by atoms with Crippen LogP contribution in [-0.4, -0.2) is 41.0 Å². The van der Waals surface area contributed by atoms with Crippen LogP contribution in [0.1, 0.15) is 25.0 Å². The van der Waals surface area contributed by atoms with E-state index in [1.165, 1.54) is 0 Å². The van der Waals surface area contributed by atoms with Crippen LogP contribution in [0.15, 0.2) is 23.7 Å². The molecule has 0 spiro atoms. The number of hydrogen-bond donors (Lipinski definition) is 3. The highest BCUT2D eigenvalue weighted by Gasteiger charge is 2.48. The Morgan fingerprint density at radius 1 is 1.13 bits per heavy atom. The van der Waals surface area contributed by atoms with E-state index in [-0.39, 0.29) is 24.6 Å². The van der Waals surface area contributed by atoms with Gasteiger partial charge >= 0.3 is 12.4 Å². The van der Waals surface area contributed by atoms with Crippen molar-refractivity contribution in [2.75, 3.05) is 18.0 Å². The summed E-state index contributed by atoms with van der Waals surface area (Å²) in [7, 11) is 0. The summed E-state index contributed by atoms with van der Waals surface area (Å²) < 4.78 is 78.0. The van der Waals surface area contributed by atoms with Crippen LogP contribution in [0.4, 0.5) is 32.2 Å². The fraction of sp³-hybridized carbons (Fsp3) is 0.529. The van der Waals surface area contributed by atoms with E-state index in [1.54, 1.807) is 4.90 Å². The number of nitrogens with two attached hydrogens (primary N) is 1. The van der Waals surface area contributed by atoms with Crippen LogP contribution in [-0.2, 0) is 11.0 Å². The standard InChI is InChI=1S/C17H18F6N6O/c18-16(19,20)9-5-12(30)28-15(25)13(9)14(24)8-1-3-29(4-2-8)11-7-26-10(6-27-11)17(21,22)23/h6-9H,1-5,24H2,(H2,25,28,30). The van der Waals surface area contributed by atoms with Gasteiger partial charge in [0.1, 0.15) is 11.7 Å². The number of carbonyl (C=O) groups is 1. The largest absolute Gasteiger partial charge is 0.434 e. The van der Waals surface area contributed by atoms with Crippen LogP contribution in [0.3, 0.4) is 0 Å².